The number of nitrogens with one attached hydrogen (secondary N) is 1. The van der Waals surface area contributed by atoms with Crippen LogP contribution < -0.4 is 5.32 Å². The lowest BCUT2D eigenvalue weighted by atomic mass is 10.1. The van der Waals surface area contributed by atoms with E-state index in [1.807, 2.05) is 67.8 Å². The van der Waals surface area contributed by atoms with Gasteiger partial charge in [-0.25, -0.2) is 4.98 Å². The molecule has 2 heterocycles. The molecule has 0 saturated heterocycles. The second kappa shape index (κ2) is 6.18. The Balaban J connectivity index is 1.61. The number of aromatic nitrogens is 1. The summed E-state index contributed by atoms with van der Waals surface area (Å²) >= 11 is 1.40. The molecule has 0 aliphatic heterocycles. The number of anilines is 1. The molecule has 4 aromatic rings. The predicted molar refractivity (Wildman–Crippen MR) is 101 cm³/mol. The van der Waals surface area contributed by atoms with E-state index in [0.29, 0.717) is 10.9 Å². The Morgan fingerprint density at radius 3 is 2.72 bits per heavy atom. The number of aryl methyl sites for hydroxylation is 2. The molecule has 4 nitrogen and oxygen atoms in total. The van der Waals surface area contributed by atoms with E-state index in [-0.39, 0.29) is 5.91 Å². The summed E-state index contributed by atoms with van der Waals surface area (Å²) in [7, 11) is 0. The van der Waals surface area contributed by atoms with Gasteiger partial charge < -0.3 is 4.42 Å². The van der Waals surface area contributed by atoms with Crippen LogP contribution in [-0.2, 0) is 0 Å². The van der Waals surface area contributed by atoms with Crippen molar-refractivity contribution in [1.82, 2.24) is 4.98 Å². The molecule has 0 saturated carbocycles. The lowest BCUT2D eigenvalue weighted by Crippen LogP contribution is -2.11. The molecule has 1 amide bonds. The van der Waals surface area contributed by atoms with Gasteiger partial charge in [-0.3, -0.25) is 10.1 Å². The minimum absolute atomic E-state index is 0.277. The van der Waals surface area contributed by atoms with Crippen molar-refractivity contribution in [2.75, 3.05) is 5.32 Å². The van der Waals surface area contributed by atoms with Crippen LogP contribution in [0.15, 0.2) is 58.3 Å². The fourth-order valence-corrected chi connectivity index (χ4v) is 3.49. The molecule has 1 N–H and O–H groups in total. The highest BCUT2D eigenvalue weighted by Gasteiger charge is 2.19. The van der Waals surface area contributed by atoms with Crippen molar-refractivity contribution >= 4 is 33.3 Å². The largest absolute Gasteiger partial charge is 0.451 e. The third kappa shape index (κ3) is 2.94. The summed E-state index contributed by atoms with van der Waals surface area (Å²) < 4.78 is 5.74. The normalized spacial score (nSPS) is 11.0. The predicted octanol–water partition coefficient (Wildman–Crippen LogP) is 5.43. The van der Waals surface area contributed by atoms with Crippen molar-refractivity contribution in [3.05, 3.63) is 70.8 Å². The molecule has 0 radical (unpaired) electrons. The molecule has 0 spiro atoms. The van der Waals surface area contributed by atoms with Crippen molar-refractivity contribution < 1.29 is 9.21 Å². The van der Waals surface area contributed by atoms with Crippen LogP contribution in [0.5, 0.6) is 0 Å². The maximum Gasteiger partial charge on any atom is 0.293 e. The van der Waals surface area contributed by atoms with Crippen LogP contribution >= 0.6 is 11.3 Å². The molecule has 0 fully saturated rings. The van der Waals surface area contributed by atoms with Crippen molar-refractivity contribution in [3.8, 4) is 11.3 Å². The van der Waals surface area contributed by atoms with Crippen LogP contribution in [-0.4, -0.2) is 10.9 Å². The third-order valence-electron chi connectivity index (χ3n) is 4.09. The Morgan fingerprint density at radius 2 is 1.92 bits per heavy atom. The quantitative estimate of drug-likeness (QED) is 0.537. The van der Waals surface area contributed by atoms with Crippen molar-refractivity contribution in [1.29, 1.82) is 0 Å². The molecule has 2 aromatic heterocycles. The smallest absolute Gasteiger partial charge is 0.293 e. The number of carbonyl (C=O) groups is 1. The molecule has 2 aromatic carbocycles. The molecule has 4 rings (SSSR count). The first-order valence-electron chi connectivity index (χ1n) is 7.94. The summed E-state index contributed by atoms with van der Waals surface area (Å²) in [6, 6.07) is 15.8. The topological polar surface area (TPSA) is 55.1 Å². The number of rotatable bonds is 3. The van der Waals surface area contributed by atoms with Gasteiger partial charge in [0.1, 0.15) is 5.58 Å². The number of hydrogen-bond acceptors (Lipinski definition) is 4. The number of benzene rings is 2. The lowest BCUT2D eigenvalue weighted by molar-refractivity contribution is 0.0998. The van der Waals surface area contributed by atoms with Gasteiger partial charge in [-0.1, -0.05) is 42.0 Å². The first kappa shape index (κ1) is 15.6. The van der Waals surface area contributed by atoms with E-state index >= 15 is 0 Å². The highest BCUT2D eigenvalue weighted by atomic mass is 32.1. The first-order chi connectivity index (χ1) is 12.1. The fraction of sp³-hybridized carbons (Fsp3) is 0.100. The lowest BCUT2D eigenvalue weighted by Gasteiger charge is -1.99. The van der Waals surface area contributed by atoms with Gasteiger partial charge in [0, 0.05) is 21.9 Å². The van der Waals surface area contributed by atoms with Crippen LogP contribution in [0.4, 0.5) is 5.13 Å². The van der Waals surface area contributed by atoms with Crippen LogP contribution in [0.1, 0.15) is 21.7 Å². The molecule has 124 valence electrons. The molecule has 0 aliphatic carbocycles. The van der Waals surface area contributed by atoms with Gasteiger partial charge in [-0.2, -0.15) is 0 Å². The van der Waals surface area contributed by atoms with Crippen molar-refractivity contribution in [2.24, 2.45) is 0 Å². The third-order valence-corrected chi connectivity index (χ3v) is 4.85. The Hall–Kier alpha value is -2.92. The van der Waals surface area contributed by atoms with Gasteiger partial charge in [0.05, 0.1) is 5.69 Å². The standard InChI is InChI=1S/C20H16N2O2S/c1-12-8-9-17-15(10-12)13(2)18(24-17)19(23)22-20-21-16(11-25-20)14-6-4-3-5-7-14/h3-11H,1-2H3,(H,21,22,23). The molecular formula is C20H16N2O2S. The number of carbonyl (C=O) groups excluding carboxylic acids is 1. The summed E-state index contributed by atoms with van der Waals surface area (Å²) in [6.07, 6.45) is 0. The van der Waals surface area contributed by atoms with Gasteiger partial charge in [-0.05, 0) is 26.0 Å². The molecule has 0 unspecified atom stereocenters. The number of nitrogens with zero attached hydrogens (tertiary/aromatic N) is 1. The SMILES string of the molecule is Cc1ccc2oc(C(=O)Nc3nc(-c4ccccc4)cs3)c(C)c2c1. The van der Waals surface area contributed by atoms with Gasteiger partial charge >= 0.3 is 0 Å². The van der Waals surface area contributed by atoms with E-state index < -0.39 is 0 Å². The summed E-state index contributed by atoms with van der Waals surface area (Å²) in [5, 5.41) is 6.29. The fourth-order valence-electron chi connectivity index (χ4n) is 2.78. The van der Waals surface area contributed by atoms with E-state index in [9.17, 15) is 4.79 Å². The Morgan fingerprint density at radius 1 is 1.12 bits per heavy atom. The molecule has 0 aliphatic rings. The maximum absolute atomic E-state index is 12.6. The van der Waals surface area contributed by atoms with Crippen LogP contribution in [0.25, 0.3) is 22.2 Å². The summed E-state index contributed by atoms with van der Waals surface area (Å²) in [5.41, 5.74) is 4.57. The number of hydrogen-bond donors (Lipinski definition) is 1. The summed E-state index contributed by atoms with van der Waals surface area (Å²) in [4.78, 5) is 17.1. The highest BCUT2D eigenvalue weighted by molar-refractivity contribution is 7.14. The highest BCUT2D eigenvalue weighted by Crippen LogP contribution is 2.28. The van der Waals surface area contributed by atoms with Crippen molar-refractivity contribution in [2.45, 2.75) is 13.8 Å². The van der Waals surface area contributed by atoms with Gasteiger partial charge in [0.2, 0.25) is 0 Å². The van der Waals surface area contributed by atoms with Gasteiger partial charge in [0.25, 0.3) is 5.91 Å². The number of amides is 1. The van der Waals surface area contributed by atoms with Crippen LogP contribution in [0, 0.1) is 13.8 Å². The monoisotopic (exact) mass is 348 g/mol. The zero-order valence-corrected chi connectivity index (χ0v) is 14.7. The van der Waals surface area contributed by atoms with Gasteiger partial charge in [-0.15, -0.1) is 11.3 Å². The molecule has 25 heavy (non-hydrogen) atoms. The second-order valence-electron chi connectivity index (χ2n) is 5.91. The molecular weight excluding hydrogens is 332 g/mol. The van der Waals surface area contributed by atoms with Crippen LogP contribution in [0.2, 0.25) is 0 Å². The minimum Gasteiger partial charge on any atom is -0.451 e. The van der Waals surface area contributed by atoms with E-state index in [2.05, 4.69) is 10.3 Å². The van der Waals surface area contributed by atoms with Crippen LogP contribution in [0.3, 0.4) is 0 Å². The Kier molecular flexibility index (Phi) is 3.86. The molecule has 0 bridgehead atoms. The van der Waals surface area contributed by atoms with E-state index in [1.54, 1.807) is 0 Å². The maximum atomic E-state index is 12.6. The van der Waals surface area contributed by atoms with Crippen molar-refractivity contribution in [3.63, 3.8) is 0 Å². The number of furan rings is 1. The summed E-state index contributed by atoms with van der Waals surface area (Å²) in [6.45, 7) is 3.92. The number of thiazole rings is 1. The average molecular weight is 348 g/mol. The Labute approximate surface area is 149 Å². The number of fused-ring (bicyclic) bond motifs is 1. The van der Waals surface area contributed by atoms with E-state index in [1.165, 1.54) is 11.3 Å². The zero-order valence-electron chi connectivity index (χ0n) is 13.9. The zero-order chi connectivity index (χ0) is 17.4. The first-order valence-corrected chi connectivity index (χ1v) is 8.82. The van der Waals surface area contributed by atoms with E-state index in [0.717, 1.165) is 33.4 Å². The minimum atomic E-state index is -0.277. The van der Waals surface area contributed by atoms with E-state index in [4.69, 9.17) is 4.42 Å². The Bertz CT molecular complexity index is 1060. The molecule has 0 atom stereocenters. The second-order valence-corrected chi connectivity index (χ2v) is 6.77. The summed E-state index contributed by atoms with van der Waals surface area (Å²) in [5.74, 6) is 0.0531. The molecule has 5 heteroatoms. The average Bonchev–Trinajstić information content (AvgIpc) is 3.21. The van der Waals surface area contributed by atoms with Gasteiger partial charge in [0.15, 0.2) is 10.9 Å².